The van der Waals surface area contributed by atoms with Crippen LogP contribution in [0.25, 0.3) is 22.2 Å². The number of nitrogens with one attached hydrogen (secondary N) is 3. The van der Waals surface area contributed by atoms with Gasteiger partial charge in [0.25, 0.3) is 5.56 Å². The Hall–Kier alpha value is -3.18. The molecule has 6 heteroatoms. The summed E-state index contributed by atoms with van der Waals surface area (Å²) in [7, 11) is 1.64. The second-order valence-corrected chi connectivity index (χ2v) is 6.97. The Morgan fingerprint density at radius 1 is 1.11 bits per heavy atom. The smallest absolute Gasteiger partial charge is 0.259 e. The van der Waals surface area contributed by atoms with Crippen molar-refractivity contribution in [2.75, 3.05) is 19.0 Å². The van der Waals surface area contributed by atoms with Crippen LogP contribution in [0.2, 0.25) is 5.02 Å². The van der Waals surface area contributed by atoms with E-state index < -0.39 is 0 Å². The third-order valence-electron chi connectivity index (χ3n) is 4.68. The van der Waals surface area contributed by atoms with Crippen molar-refractivity contribution in [3.8, 4) is 17.0 Å². The Kier molecular flexibility index (Phi) is 5.08. The molecule has 0 radical (unpaired) electrons. The molecule has 0 atom stereocenters. The van der Waals surface area contributed by atoms with Crippen LogP contribution >= 0.6 is 11.6 Å². The molecule has 3 N–H and O–H groups in total. The number of hydrogen-bond donors (Lipinski definition) is 3. The molecule has 0 bridgehead atoms. The summed E-state index contributed by atoms with van der Waals surface area (Å²) in [6.07, 6.45) is 2.45. The van der Waals surface area contributed by atoms with E-state index >= 15 is 0 Å². The van der Waals surface area contributed by atoms with Crippen LogP contribution < -0.4 is 15.6 Å². The summed E-state index contributed by atoms with van der Waals surface area (Å²) < 4.78 is 5.28. The third kappa shape index (κ3) is 3.75. The number of fused-ring (bicyclic) bond motifs is 1. The molecular formula is C22H20ClN3O2. The molecule has 28 heavy (non-hydrogen) atoms. The number of anilines is 1. The van der Waals surface area contributed by atoms with Crippen molar-refractivity contribution in [3.05, 3.63) is 81.7 Å². The summed E-state index contributed by atoms with van der Waals surface area (Å²) in [6, 6.07) is 17.4. The van der Waals surface area contributed by atoms with E-state index in [2.05, 4.69) is 15.3 Å². The minimum atomic E-state index is -0.147. The number of benzene rings is 2. The van der Waals surface area contributed by atoms with Crippen LogP contribution in [0.1, 0.15) is 5.56 Å². The minimum Gasteiger partial charge on any atom is -0.497 e. The first-order chi connectivity index (χ1) is 13.6. The predicted octanol–water partition coefficient (Wildman–Crippen LogP) is 4.84. The number of ether oxygens (including phenoxy) is 1. The number of halogens is 1. The quantitative estimate of drug-likeness (QED) is 0.439. The standard InChI is InChI=1S/C22H20ClN3O2/c1-28-17-5-6-18-15(12-17)13-20(26-18)21-19(8-10-25-22(21)27)24-9-7-14-3-2-4-16(23)11-14/h2-6,8,10-13,26H,7,9H2,1H3,(H2,24,25,27). The first-order valence-corrected chi connectivity index (χ1v) is 9.39. The SMILES string of the molecule is COc1ccc2[nH]c(-c3c(NCCc4cccc(Cl)c4)cc[nH]c3=O)cc2c1. The maximum Gasteiger partial charge on any atom is 0.259 e. The van der Waals surface area contributed by atoms with Crippen molar-refractivity contribution in [1.82, 2.24) is 9.97 Å². The Morgan fingerprint density at radius 3 is 2.82 bits per heavy atom. The Bertz CT molecular complexity index is 1180. The monoisotopic (exact) mass is 393 g/mol. The van der Waals surface area contributed by atoms with E-state index in [-0.39, 0.29) is 5.56 Å². The lowest BCUT2D eigenvalue weighted by Crippen LogP contribution is -2.14. The van der Waals surface area contributed by atoms with Crippen molar-refractivity contribution < 1.29 is 4.74 Å². The lowest BCUT2D eigenvalue weighted by molar-refractivity contribution is 0.415. The summed E-state index contributed by atoms with van der Waals surface area (Å²) in [5.74, 6) is 0.778. The van der Waals surface area contributed by atoms with Crippen LogP contribution in [0.4, 0.5) is 5.69 Å². The Morgan fingerprint density at radius 2 is 2.00 bits per heavy atom. The van der Waals surface area contributed by atoms with Crippen molar-refractivity contribution in [2.45, 2.75) is 6.42 Å². The number of H-pyrrole nitrogens is 2. The maximum atomic E-state index is 12.6. The Balaban J connectivity index is 1.62. The van der Waals surface area contributed by atoms with Gasteiger partial charge in [0.2, 0.25) is 0 Å². The van der Waals surface area contributed by atoms with Crippen molar-refractivity contribution >= 4 is 28.2 Å². The van der Waals surface area contributed by atoms with Gasteiger partial charge < -0.3 is 20.0 Å². The van der Waals surface area contributed by atoms with E-state index in [4.69, 9.17) is 16.3 Å². The van der Waals surface area contributed by atoms with Gasteiger partial charge >= 0.3 is 0 Å². The van der Waals surface area contributed by atoms with E-state index in [1.807, 2.05) is 54.6 Å². The second kappa shape index (κ2) is 7.82. The highest BCUT2D eigenvalue weighted by molar-refractivity contribution is 6.30. The molecule has 4 rings (SSSR count). The Labute approximate surface area is 167 Å². The third-order valence-corrected chi connectivity index (χ3v) is 4.91. The van der Waals surface area contributed by atoms with E-state index in [0.717, 1.165) is 45.0 Å². The molecule has 0 saturated carbocycles. The summed E-state index contributed by atoms with van der Waals surface area (Å²) >= 11 is 6.05. The van der Waals surface area contributed by atoms with Crippen molar-refractivity contribution in [1.29, 1.82) is 0 Å². The zero-order valence-corrected chi connectivity index (χ0v) is 16.1. The molecule has 0 saturated heterocycles. The topological polar surface area (TPSA) is 69.9 Å². The van der Waals surface area contributed by atoms with Gasteiger partial charge in [0.1, 0.15) is 5.75 Å². The zero-order valence-electron chi connectivity index (χ0n) is 15.4. The van der Waals surface area contributed by atoms with Gasteiger partial charge in [-0.25, -0.2) is 0 Å². The fourth-order valence-corrected chi connectivity index (χ4v) is 3.51. The molecule has 0 aliphatic heterocycles. The molecule has 0 fully saturated rings. The van der Waals surface area contributed by atoms with Gasteiger partial charge in [-0.05, 0) is 54.4 Å². The highest BCUT2D eigenvalue weighted by Gasteiger charge is 2.13. The first kappa shape index (κ1) is 18.2. The predicted molar refractivity (Wildman–Crippen MR) is 115 cm³/mol. The second-order valence-electron chi connectivity index (χ2n) is 6.54. The normalized spacial score (nSPS) is 10.9. The highest BCUT2D eigenvalue weighted by atomic mass is 35.5. The highest BCUT2D eigenvalue weighted by Crippen LogP contribution is 2.29. The van der Waals surface area contributed by atoms with Crippen LogP contribution in [-0.2, 0) is 6.42 Å². The first-order valence-electron chi connectivity index (χ1n) is 9.01. The molecule has 4 aromatic rings. The fourth-order valence-electron chi connectivity index (χ4n) is 3.30. The molecule has 2 aromatic heterocycles. The van der Waals surface area contributed by atoms with Crippen LogP contribution in [0.3, 0.4) is 0 Å². The lowest BCUT2D eigenvalue weighted by atomic mass is 10.1. The molecular weight excluding hydrogens is 374 g/mol. The summed E-state index contributed by atoms with van der Waals surface area (Å²) in [6.45, 7) is 0.685. The lowest BCUT2D eigenvalue weighted by Gasteiger charge is -2.10. The number of pyridine rings is 1. The van der Waals surface area contributed by atoms with Gasteiger partial charge in [0.05, 0.1) is 24.1 Å². The zero-order chi connectivity index (χ0) is 19.5. The average molecular weight is 394 g/mol. The summed E-state index contributed by atoms with van der Waals surface area (Å²) in [4.78, 5) is 18.7. The van der Waals surface area contributed by atoms with Gasteiger partial charge in [0, 0.05) is 28.7 Å². The van der Waals surface area contributed by atoms with Gasteiger partial charge in [-0.15, -0.1) is 0 Å². The summed E-state index contributed by atoms with van der Waals surface area (Å²) in [5, 5.41) is 5.09. The van der Waals surface area contributed by atoms with Gasteiger partial charge in [-0.3, -0.25) is 4.79 Å². The van der Waals surface area contributed by atoms with Crippen LogP contribution in [0.15, 0.2) is 65.6 Å². The van der Waals surface area contributed by atoms with Crippen molar-refractivity contribution in [2.24, 2.45) is 0 Å². The molecule has 5 nitrogen and oxygen atoms in total. The number of aromatic nitrogens is 2. The minimum absolute atomic E-state index is 0.147. The molecule has 0 spiro atoms. The molecule has 0 aliphatic rings. The molecule has 0 unspecified atom stereocenters. The molecule has 2 aromatic carbocycles. The molecule has 0 amide bonds. The van der Waals surface area contributed by atoms with Gasteiger partial charge in [-0.2, -0.15) is 0 Å². The average Bonchev–Trinajstić information content (AvgIpc) is 3.10. The van der Waals surface area contributed by atoms with Gasteiger partial charge in [0.15, 0.2) is 0 Å². The maximum absolute atomic E-state index is 12.6. The van der Waals surface area contributed by atoms with E-state index in [9.17, 15) is 4.79 Å². The fraction of sp³-hybridized carbons (Fsp3) is 0.136. The molecule has 0 aliphatic carbocycles. The number of methoxy groups -OCH3 is 1. The molecule has 2 heterocycles. The number of hydrogen-bond acceptors (Lipinski definition) is 3. The number of aromatic amines is 2. The van der Waals surface area contributed by atoms with Gasteiger partial charge in [-0.1, -0.05) is 23.7 Å². The van der Waals surface area contributed by atoms with Crippen LogP contribution in [-0.4, -0.2) is 23.6 Å². The largest absolute Gasteiger partial charge is 0.497 e. The summed E-state index contributed by atoms with van der Waals surface area (Å²) in [5.41, 5.74) is 4.07. The van der Waals surface area contributed by atoms with Crippen LogP contribution in [0.5, 0.6) is 5.75 Å². The van der Waals surface area contributed by atoms with E-state index in [0.29, 0.717) is 12.1 Å². The number of rotatable bonds is 6. The van der Waals surface area contributed by atoms with E-state index in [1.54, 1.807) is 13.3 Å². The van der Waals surface area contributed by atoms with Crippen LogP contribution in [0, 0.1) is 0 Å². The van der Waals surface area contributed by atoms with E-state index in [1.165, 1.54) is 0 Å². The van der Waals surface area contributed by atoms with Crippen molar-refractivity contribution in [3.63, 3.8) is 0 Å². The molecule has 142 valence electrons.